The zero-order valence-electron chi connectivity index (χ0n) is 39.9. The van der Waals surface area contributed by atoms with E-state index in [9.17, 15) is 14.3 Å². The van der Waals surface area contributed by atoms with Crippen LogP contribution >= 0.6 is 7.82 Å². The Hall–Kier alpha value is -2.32. The molecule has 2 unspecified atom stereocenters. The summed E-state index contributed by atoms with van der Waals surface area (Å²) in [5.74, 6) is -0.333. The topological polar surface area (TPSA) is 91.3 Å². The van der Waals surface area contributed by atoms with Gasteiger partial charge < -0.3 is 18.9 Å². The average molecular weight is 875 g/mol. The number of rotatable bonds is 44. The van der Waals surface area contributed by atoms with Crippen LogP contribution < -0.4 is 0 Å². The van der Waals surface area contributed by atoms with Gasteiger partial charge in [-0.3, -0.25) is 13.8 Å². The van der Waals surface area contributed by atoms with E-state index in [4.69, 9.17) is 18.5 Å². The summed E-state index contributed by atoms with van der Waals surface area (Å²) < 4.78 is 35.0. The maximum atomic E-state index is 12.7. The van der Waals surface area contributed by atoms with E-state index < -0.39 is 13.9 Å². The predicted molar refractivity (Wildman–Crippen MR) is 261 cm³/mol. The molecule has 1 N–H and O–H groups in total. The lowest BCUT2D eigenvalue weighted by Crippen LogP contribution is -2.37. The minimum atomic E-state index is -4.29. The van der Waals surface area contributed by atoms with Crippen molar-refractivity contribution in [3.63, 3.8) is 0 Å². The molecule has 0 fully saturated rings. The normalized spacial score (nSPS) is 14.4. The van der Waals surface area contributed by atoms with E-state index in [2.05, 4.69) is 98.9 Å². The van der Waals surface area contributed by atoms with E-state index >= 15 is 0 Å². The maximum Gasteiger partial charge on any atom is 0.472 e. The van der Waals surface area contributed by atoms with Crippen LogP contribution in [0.25, 0.3) is 0 Å². The Morgan fingerprint density at radius 1 is 0.525 bits per heavy atom. The molecule has 0 aliphatic rings. The molecule has 8 nitrogen and oxygen atoms in total. The van der Waals surface area contributed by atoms with Crippen molar-refractivity contribution in [1.82, 2.24) is 0 Å². The van der Waals surface area contributed by atoms with E-state index in [0.29, 0.717) is 24.1 Å². The number of carbonyl (C=O) groups is 1. The van der Waals surface area contributed by atoms with Crippen molar-refractivity contribution in [2.75, 3.05) is 54.1 Å². The summed E-state index contributed by atoms with van der Waals surface area (Å²) in [4.78, 5) is 22.9. The number of phosphoric ester groups is 1. The molecule has 61 heavy (non-hydrogen) atoms. The monoisotopic (exact) mass is 875 g/mol. The number of hydrogen-bond acceptors (Lipinski definition) is 6. The van der Waals surface area contributed by atoms with Gasteiger partial charge in [-0.1, -0.05) is 176 Å². The van der Waals surface area contributed by atoms with Gasteiger partial charge in [-0.15, -0.1) is 0 Å². The second-order valence-corrected chi connectivity index (χ2v) is 18.6. The minimum absolute atomic E-state index is 0.0807. The number of likely N-dealkylation sites (N-methyl/N-ethyl adjacent to an activating group) is 1. The largest absolute Gasteiger partial charge is 0.472 e. The third-order valence-corrected chi connectivity index (χ3v) is 10.9. The van der Waals surface area contributed by atoms with Crippen molar-refractivity contribution in [3.8, 4) is 0 Å². The van der Waals surface area contributed by atoms with Crippen molar-refractivity contribution in [2.45, 2.75) is 187 Å². The summed E-state index contributed by atoms with van der Waals surface area (Å²) in [7, 11) is 1.64. The second kappa shape index (κ2) is 44.3. The number of carbonyl (C=O) groups excluding carboxylic acids is 1. The lowest BCUT2D eigenvalue weighted by Gasteiger charge is -2.24. The quantitative estimate of drug-likeness (QED) is 0.0214. The average Bonchev–Trinajstić information content (AvgIpc) is 3.22. The molecule has 0 heterocycles. The van der Waals surface area contributed by atoms with E-state index in [0.717, 1.165) is 96.3 Å². The highest BCUT2D eigenvalue weighted by Gasteiger charge is 2.26. The Morgan fingerprint density at radius 2 is 0.951 bits per heavy atom. The molecule has 9 heteroatoms. The van der Waals surface area contributed by atoms with Crippen LogP contribution in [0.4, 0.5) is 0 Å². The van der Waals surface area contributed by atoms with Gasteiger partial charge in [-0.2, -0.15) is 0 Å². The van der Waals surface area contributed by atoms with Crippen LogP contribution in [0.3, 0.4) is 0 Å². The van der Waals surface area contributed by atoms with Crippen LogP contribution in [0.5, 0.6) is 0 Å². The molecule has 2 atom stereocenters. The van der Waals surface area contributed by atoms with Gasteiger partial charge in [0, 0.05) is 13.0 Å². The van der Waals surface area contributed by atoms with Crippen molar-refractivity contribution in [1.29, 1.82) is 0 Å². The molecule has 0 aliphatic carbocycles. The smallest absolute Gasteiger partial charge is 0.457 e. The van der Waals surface area contributed by atoms with Crippen LogP contribution in [0.2, 0.25) is 0 Å². The Bertz CT molecular complexity index is 1250. The first-order chi connectivity index (χ1) is 29.6. The molecule has 0 radical (unpaired) electrons. The second-order valence-electron chi connectivity index (χ2n) is 17.1. The molecule has 0 saturated carbocycles. The van der Waals surface area contributed by atoms with Gasteiger partial charge in [-0.25, -0.2) is 4.57 Å². The highest BCUT2D eigenvalue weighted by atomic mass is 31.2. The standard InChI is InChI=1S/C52H92NO7P/c1-6-8-10-12-14-16-18-20-21-22-23-24-25-26-27-28-29-30-31-32-34-36-38-40-42-44-47-57-49-51(50-59-61(55,56)58-48-46-53(3,4)5)60-52(54)45-43-41-39-37-35-33-19-17-15-13-11-9-7-2/h8,10-11,13-14,16-17,19-21,23-24,26-27,51H,6-7,9,12,15,18,22,25,28-50H2,1-5H3/p+1/b10-8-,13-11-,16-14-,19-17-,21-20-,24-23-,27-26-. The molecular formula is C52H93NO7P+. The first kappa shape index (κ1) is 58.7. The third-order valence-electron chi connectivity index (χ3n) is 9.92. The van der Waals surface area contributed by atoms with Gasteiger partial charge in [0.25, 0.3) is 0 Å². The van der Waals surface area contributed by atoms with Crippen LogP contribution in [0, 0.1) is 0 Å². The van der Waals surface area contributed by atoms with E-state index in [1.165, 1.54) is 64.2 Å². The molecule has 0 amide bonds. The number of hydrogen-bond donors (Lipinski definition) is 1. The summed E-state index contributed by atoms with van der Waals surface area (Å²) in [5, 5.41) is 0. The molecule has 0 aromatic heterocycles. The van der Waals surface area contributed by atoms with Gasteiger partial charge in [0.2, 0.25) is 0 Å². The van der Waals surface area contributed by atoms with Crippen LogP contribution in [-0.4, -0.2) is 75.6 Å². The highest BCUT2D eigenvalue weighted by Crippen LogP contribution is 2.43. The van der Waals surface area contributed by atoms with Crippen molar-refractivity contribution in [3.05, 3.63) is 85.1 Å². The molecule has 0 spiro atoms. The predicted octanol–water partition coefficient (Wildman–Crippen LogP) is 14.8. The van der Waals surface area contributed by atoms with Gasteiger partial charge in [0.1, 0.15) is 19.3 Å². The van der Waals surface area contributed by atoms with Gasteiger partial charge in [0.05, 0.1) is 34.4 Å². The summed E-state index contributed by atoms with van der Waals surface area (Å²) in [6.45, 7) is 5.40. The highest BCUT2D eigenvalue weighted by molar-refractivity contribution is 7.47. The first-order valence-electron chi connectivity index (χ1n) is 24.3. The Morgan fingerprint density at radius 3 is 1.43 bits per heavy atom. The molecular weight excluding hydrogens is 782 g/mol. The number of phosphoric acid groups is 1. The molecule has 352 valence electrons. The third kappa shape index (κ3) is 48.6. The Balaban J connectivity index is 4.13. The fourth-order valence-corrected chi connectivity index (χ4v) is 6.95. The molecule has 0 aliphatic heterocycles. The molecule has 0 aromatic rings. The number of quaternary nitrogens is 1. The zero-order chi connectivity index (χ0) is 44.8. The lowest BCUT2D eigenvalue weighted by molar-refractivity contribution is -0.870. The first-order valence-corrected chi connectivity index (χ1v) is 25.8. The number of esters is 1. The van der Waals surface area contributed by atoms with E-state index in [-0.39, 0.29) is 25.8 Å². The number of unbranched alkanes of at least 4 members (excludes halogenated alkanes) is 16. The summed E-state index contributed by atoms with van der Waals surface area (Å²) in [5.41, 5.74) is 0. The Kier molecular flexibility index (Phi) is 42.6. The van der Waals surface area contributed by atoms with Crippen LogP contribution in [-0.2, 0) is 27.9 Å². The van der Waals surface area contributed by atoms with Gasteiger partial charge in [0.15, 0.2) is 0 Å². The van der Waals surface area contributed by atoms with Gasteiger partial charge >= 0.3 is 13.8 Å². The molecule has 0 rings (SSSR count). The van der Waals surface area contributed by atoms with Crippen LogP contribution in [0.15, 0.2) is 85.1 Å². The molecule has 0 aromatic carbocycles. The molecule has 0 bridgehead atoms. The number of nitrogens with zero attached hydrogens (tertiary/aromatic N) is 1. The van der Waals surface area contributed by atoms with E-state index in [1.807, 2.05) is 21.1 Å². The summed E-state index contributed by atoms with van der Waals surface area (Å²) in [6, 6.07) is 0. The summed E-state index contributed by atoms with van der Waals surface area (Å²) in [6.07, 6.45) is 59.1. The number of ether oxygens (including phenoxy) is 2. The van der Waals surface area contributed by atoms with Crippen molar-refractivity contribution >= 4 is 13.8 Å². The number of allylic oxidation sites excluding steroid dienone is 14. The van der Waals surface area contributed by atoms with Crippen molar-refractivity contribution < 1.29 is 37.3 Å². The van der Waals surface area contributed by atoms with Gasteiger partial charge in [-0.05, 0) is 83.5 Å². The Labute approximate surface area is 375 Å². The molecule has 0 saturated heterocycles. The minimum Gasteiger partial charge on any atom is -0.457 e. The maximum absolute atomic E-state index is 12.7. The zero-order valence-corrected chi connectivity index (χ0v) is 40.8. The van der Waals surface area contributed by atoms with Crippen LogP contribution in [0.1, 0.15) is 181 Å². The fourth-order valence-electron chi connectivity index (χ4n) is 6.20. The lowest BCUT2D eigenvalue weighted by atomic mass is 10.1. The van der Waals surface area contributed by atoms with E-state index in [1.54, 1.807) is 0 Å². The fraction of sp³-hybridized carbons (Fsp3) is 0.712. The SMILES string of the molecule is CC/C=C\C/C=C\C/C=C\C/C=C\C/C=C\CCCCCCCCCCCCOCC(COP(=O)(O)OCC[N+](C)(C)C)OC(=O)CCCCCCC/C=C\C/C=C\CCC. The summed E-state index contributed by atoms with van der Waals surface area (Å²) >= 11 is 0. The van der Waals surface area contributed by atoms with Crippen molar-refractivity contribution in [2.24, 2.45) is 0 Å².